The molecule has 0 aliphatic carbocycles. The molecule has 4 nitrogen and oxygen atoms in total. The molecule has 0 bridgehead atoms. The lowest BCUT2D eigenvalue weighted by Gasteiger charge is -2.33. The van der Waals surface area contributed by atoms with E-state index in [4.69, 9.17) is 4.98 Å². The second-order valence-electron chi connectivity index (χ2n) is 6.95. The minimum atomic E-state index is 0.0201. The number of benzene rings is 1. The van der Waals surface area contributed by atoms with Crippen LogP contribution in [0.4, 0.5) is 10.8 Å². The Labute approximate surface area is 136 Å². The minimum absolute atomic E-state index is 0.0201. The van der Waals surface area contributed by atoms with Crippen molar-refractivity contribution in [3.8, 4) is 0 Å². The molecule has 1 atom stereocenters. The molecule has 2 heterocycles. The Morgan fingerprint density at radius 3 is 2.68 bits per heavy atom. The highest BCUT2D eigenvalue weighted by molar-refractivity contribution is 7.09. The van der Waals surface area contributed by atoms with Crippen molar-refractivity contribution >= 4 is 22.4 Å². The summed E-state index contributed by atoms with van der Waals surface area (Å²) in [7, 11) is 0. The summed E-state index contributed by atoms with van der Waals surface area (Å²) in [5.74, 6) is 0.950. The van der Waals surface area contributed by atoms with Gasteiger partial charge in [0.15, 0.2) is 0 Å². The van der Waals surface area contributed by atoms with Crippen LogP contribution >= 0.6 is 11.5 Å². The van der Waals surface area contributed by atoms with Crippen LogP contribution in [0.1, 0.15) is 39.4 Å². The number of hydrogen-bond acceptors (Lipinski definition) is 5. The first-order valence-electron chi connectivity index (χ1n) is 7.93. The average molecular weight is 316 g/mol. The quantitative estimate of drug-likeness (QED) is 0.932. The molecule has 1 unspecified atom stereocenters. The van der Waals surface area contributed by atoms with Crippen LogP contribution in [0.15, 0.2) is 30.3 Å². The molecule has 1 aliphatic rings. The minimum Gasteiger partial charge on any atom is -0.381 e. The van der Waals surface area contributed by atoms with Crippen LogP contribution < -0.4 is 10.2 Å². The van der Waals surface area contributed by atoms with Crippen molar-refractivity contribution in [1.82, 2.24) is 9.36 Å². The van der Waals surface area contributed by atoms with E-state index in [-0.39, 0.29) is 5.41 Å². The normalized spacial score (nSPS) is 19.2. The molecular formula is C17H24N4S. The fraction of sp³-hybridized carbons (Fsp3) is 0.529. The van der Waals surface area contributed by atoms with Gasteiger partial charge in [-0.2, -0.15) is 4.37 Å². The molecule has 1 saturated heterocycles. The van der Waals surface area contributed by atoms with Gasteiger partial charge in [-0.3, -0.25) is 0 Å². The van der Waals surface area contributed by atoms with E-state index >= 15 is 0 Å². The van der Waals surface area contributed by atoms with E-state index in [0.29, 0.717) is 6.04 Å². The summed E-state index contributed by atoms with van der Waals surface area (Å²) in [6.45, 7) is 8.55. The molecule has 1 N–H and O–H groups in total. The number of rotatable bonds is 3. The highest BCUT2D eigenvalue weighted by Crippen LogP contribution is 2.27. The van der Waals surface area contributed by atoms with Crippen molar-refractivity contribution in [2.45, 2.75) is 45.1 Å². The smallest absolute Gasteiger partial charge is 0.205 e. The molecule has 5 heteroatoms. The number of anilines is 2. The summed E-state index contributed by atoms with van der Waals surface area (Å²) < 4.78 is 4.54. The molecule has 118 valence electrons. The van der Waals surface area contributed by atoms with Crippen molar-refractivity contribution in [3.63, 3.8) is 0 Å². The zero-order valence-corrected chi connectivity index (χ0v) is 14.4. The maximum Gasteiger partial charge on any atom is 0.205 e. The average Bonchev–Trinajstić information content (AvgIpc) is 2.99. The first kappa shape index (κ1) is 15.3. The summed E-state index contributed by atoms with van der Waals surface area (Å²) in [5.41, 5.74) is 1.22. The van der Waals surface area contributed by atoms with Crippen molar-refractivity contribution < 1.29 is 0 Å². The molecular weight excluding hydrogens is 292 g/mol. The van der Waals surface area contributed by atoms with E-state index in [0.717, 1.165) is 24.0 Å². The Bertz CT molecular complexity index is 603. The third kappa shape index (κ3) is 3.58. The Balaban J connectivity index is 1.67. The molecule has 1 aromatic heterocycles. The third-order valence-electron chi connectivity index (χ3n) is 3.92. The summed E-state index contributed by atoms with van der Waals surface area (Å²) in [5, 5.41) is 4.69. The lowest BCUT2D eigenvalue weighted by atomic mass is 9.96. The van der Waals surface area contributed by atoms with Crippen LogP contribution in [0.2, 0.25) is 0 Å². The molecule has 22 heavy (non-hydrogen) atoms. The van der Waals surface area contributed by atoms with E-state index in [1.165, 1.54) is 30.1 Å². The first-order valence-corrected chi connectivity index (χ1v) is 8.70. The Morgan fingerprint density at radius 2 is 2.00 bits per heavy atom. The summed E-state index contributed by atoms with van der Waals surface area (Å²) in [6.07, 6.45) is 2.39. The van der Waals surface area contributed by atoms with E-state index in [9.17, 15) is 0 Å². The van der Waals surface area contributed by atoms with E-state index in [1.54, 1.807) is 0 Å². The molecule has 3 rings (SSSR count). The fourth-order valence-electron chi connectivity index (χ4n) is 2.69. The van der Waals surface area contributed by atoms with Gasteiger partial charge in [0.2, 0.25) is 5.13 Å². The zero-order valence-electron chi connectivity index (χ0n) is 13.5. The molecule has 2 aromatic rings. The van der Waals surface area contributed by atoms with Crippen LogP contribution in [0.5, 0.6) is 0 Å². The van der Waals surface area contributed by atoms with E-state index < -0.39 is 0 Å². The third-order valence-corrected chi connectivity index (χ3v) is 4.70. The highest BCUT2D eigenvalue weighted by atomic mass is 32.1. The zero-order chi connectivity index (χ0) is 15.6. The Morgan fingerprint density at radius 1 is 1.23 bits per heavy atom. The lowest BCUT2D eigenvalue weighted by molar-refractivity contribution is 0.524. The van der Waals surface area contributed by atoms with Crippen LogP contribution in [0.3, 0.4) is 0 Å². The number of nitrogens with one attached hydrogen (secondary N) is 1. The van der Waals surface area contributed by atoms with Crippen molar-refractivity contribution in [2.75, 3.05) is 23.3 Å². The van der Waals surface area contributed by atoms with Gasteiger partial charge in [0.25, 0.3) is 0 Å². The highest BCUT2D eigenvalue weighted by Gasteiger charge is 2.25. The van der Waals surface area contributed by atoms with Gasteiger partial charge in [0.1, 0.15) is 5.82 Å². The Hall–Kier alpha value is -1.62. The number of piperidine rings is 1. The van der Waals surface area contributed by atoms with E-state index in [1.807, 2.05) is 6.07 Å². The van der Waals surface area contributed by atoms with E-state index in [2.05, 4.69) is 59.6 Å². The van der Waals surface area contributed by atoms with Gasteiger partial charge < -0.3 is 10.2 Å². The lowest BCUT2D eigenvalue weighted by Crippen LogP contribution is -2.42. The Kier molecular flexibility index (Phi) is 4.34. The second-order valence-corrected chi connectivity index (χ2v) is 7.68. The van der Waals surface area contributed by atoms with Gasteiger partial charge in [-0.15, -0.1) is 0 Å². The fourth-order valence-corrected chi connectivity index (χ4v) is 3.58. The molecule has 1 aromatic carbocycles. The van der Waals surface area contributed by atoms with Crippen LogP contribution in [-0.4, -0.2) is 28.5 Å². The predicted octanol–water partition coefficient (Wildman–Crippen LogP) is 3.92. The largest absolute Gasteiger partial charge is 0.381 e. The van der Waals surface area contributed by atoms with Crippen molar-refractivity contribution in [3.05, 3.63) is 36.2 Å². The predicted molar refractivity (Wildman–Crippen MR) is 93.9 cm³/mol. The van der Waals surface area contributed by atoms with Crippen molar-refractivity contribution in [1.29, 1.82) is 0 Å². The maximum atomic E-state index is 4.75. The number of para-hydroxylation sites is 1. The molecule has 0 spiro atoms. The summed E-state index contributed by atoms with van der Waals surface area (Å²) in [4.78, 5) is 7.12. The van der Waals surface area contributed by atoms with Gasteiger partial charge in [-0.25, -0.2) is 4.98 Å². The van der Waals surface area contributed by atoms with Crippen LogP contribution in [0.25, 0.3) is 0 Å². The molecule has 1 fully saturated rings. The maximum absolute atomic E-state index is 4.75. The SMILES string of the molecule is CC(C)(C)c1nsc(N2CCCC(Nc3ccccc3)C2)n1. The number of nitrogens with zero attached hydrogens (tertiary/aromatic N) is 3. The van der Waals surface area contributed by atoms with Gasteiger partial charge in [0, 0.05) is 41.8 Å². The summed E-state index contributed by atoms with van der Waals surface area (Å²) in [6, 6.07) is 10.9. The monoisotopic (exact) mass is 316 g/mol. The van der Waals surface area contributed by atoms with Gasteiger partial charge in [-0.1, -0.05) is 39.0 Å². The van der Waals surface area contributed by atoms with Gasteiger partial charge in [0.05, 0.1) is 0 Å². The van der Waals surface area contributed by atoms with Gasteiger partial charge in [-0.05, 0) is 25.0 Å². The molecule has 0 amide bonds. The molecule has 0 saturated carbocycles. The van der Waals surface area contributed by atoms with Gasteiger partial charge >= 0.3 is 0 Å². The number of aromatic nitrogens is 2. The summed E-state index contributed by atoms with van der Waals surface area (Å²) >= 11 is 1.53. The van der Waals surface area contributed by atoms with Crippen LogP contribution in [0, 0.1) is 0 Å². The topological polar surface area (TPSA) is 41.1 Å². The second kappa shape index (κ2) is 6.24. The molecule has 1 aliphatic heterocycles. The standard InChI is InChI=1S/C17H24N4S/c1-17(2,3)15-19-16(22-20-15)21-11-7-10-14(12-21)18-13-8-5-4-6-9-13/h4-6,8-9,14,18H,7,10-12H2,1-3H3. The first-order chi connectivity index (χ1) is 10.5. The van der Waals surface area contributed by atoms with Crippen molar-refractivity contribution in [2.24, 2.45) is 0 Å². The number of hydrogen-bond donors (Lipinski definition) is 1. The molecule has 0 radical (unpaired) electrons. The van der Waals surface area contributed by atoms with Crippen LogP contribution in [-0.2, 0) is 5.41 Å².